The Hall–Kier alpha value is -3.32. The molecule has 3 aromatic rings. The largest absolute Gasteiger partial charge is 0.494 e. The average Bonchev–Trinajstić information content (AvgIpc) is 3.50. The Morgan fingerprint density at radius 2 is 1.77 bits per heavy atom. The van der Waals surface area contributed by atoms with Crippen LogP contribution < -0.4 is 24.6 Å². The molecule has 0 atom stereocenters. The normalized spacial score (nSPS) is 18.4. The van der Waals surface area contributed by atoms with Crippen molar-refractivity contribution in [2.45, 2.75) is 32.2 Å². The van der Waals surface area contributed by atoms with Crippen LogP contribution in [0.4, 0.5) is 34.5 Å². The fraction of sp³-hybridized carbons (Fsp3) is 0.484. The molecular formula is C31H41ClN8O3S. The Balaban J connectivity index is 1.16. The summed E-state index contributed by atoms with van der Waals surface area (Å²) in [7, 11) is 0.440. The number of piperazine rings is 1. The molecular weight excluding hydrogens is 600 g/mol. The highest BCUT2D eigenvalue weighted by molar-refractivity contribution is 7.92. The molecule has 3 aliphatic heterocycles. The molecule has 0 bridgehead atoms. The van der Waals surface area contributed by atoms with Gasteiger partial charge in [-0.25, -0.2) is 13.4 Å². The second kappa shape index (κ2) is 13.0. The van der Waals surface area contributed by atoms with Crippen molar-refractivity contribution in [1.82, 2.24) is 19.8 Å². The number of aromatic nitrogens is 2. The van der Waals surface area contributed by atoms with Gasteiger partial charge in [-0.3, -0.25) is 9.21 Å². The molecule has 0 aliphatic carbocycles. The van der Waals surface area contributed by atoms with Gasteiger partial charge in [-0.1, -0.05) is 23.7 Å². The van der Waals surface area contributed by atoms with E-state index in [0.717, 1.165) is 69.0 Å². The van der Waals surface area contributed by atoms with E-state index in [9.17, 15) is 8.42 Å². The fourth-order valence-corrected chi connectivity index (χ4v) is 7.69. The predicted octanol–water partition coefficient (Wildman–Crippen LogP) is 4.55. The van der Waals surface area contributed by atoms with Crippen molar-refractivity contribution >= 4 is 56.1 Å². The number of hydrogen-bond donors (Lipinski definition) is 2. The van der Waals surface area contributed by atoms with Crippen LogP contribution in [-0.4, -0.2) is 100.0 Å². The number of fused-ring (bicyclic) bond motifs is 1. The zero-order valence-electron chi connectivity index (χ0n) is 25.6. The number of piperidine rings is 1. The Labute approximate surface area is 265 Å². The van der Waals surface area contributed by atoms with E-state index >= 15 is 0 Å². The summed E-state index contributed by atoms with van der Waals surface area (Å²) in [6.07, 6.45) is 4.49. The number of para-hydroxylation sites is 1. The lowest BCUT2D eigenvalue weighted by molar-refractivity contribution is 0.0982. The van der Waals surface area contributed by atoms with Crippen LogP contribution >= 0.6 is 11.6 Å². The number of likely N-dealkylation sites (N-methyl/N-ethyl adjacent to an activating group) is 1. The van der Waals surface area contributed by atoms with E-state index < -0.39 is 10.0 Å². The molecule has 0 radical (unpaired) electrons. The highest BCUT2D eigenvalue weighted by Crippen LogP contribution is 2.40. The van der Waals surface area contributed by atoms with Gasteiger partial charge in [0.15, 0.2) is 5.82 Å². The van der Waals surface area contributed by atoms with Gasteiger partial charge in [0.05, 0.1) is 36.1 Å². The van der Waals surface area contributed by atoms with Gasteiger partial charge >= 0.3 is 0 Å². The summed E-state index contributed by atoms with van der Waals surface area (Å²) >= 11 is 6.50. The number of benzene rings is 2. The van der Waals surface area contributed by atoms with Crippen LogP contribution in [0.1, 0.15) is 25.3 Å². The Morgan fingerprint density at radius 1 is 1.00 bits per heavy atom. The molecule has 2 N–H and O–H groups in total. The lowest BCUT2D eigenvalue weighted by atomic mass is 10.0. The summed E-state index contributed by atoms with van der Waals surface area (Å²) in [5, 5.41) is 6.85. The van der Waals surface area contributed by atoms with Crippen molar-refractivity contribution in [3.05, 3.63) is 53.2 Å². The summed E-state index contributed by atoms with van der Waals surface area (Å²) < 4.78 is 32.8. The number of halogens is 1. The zero-order chi connectivity index (χ0) is 30.8. The molecule has 3 aliphatic rings. The Morgan fingerprint density at radius 3 is 2.50 bits per heavy atom. The van der Waals surface area contributed by atoms with E-state index in [-0.39, 0.29) is 5.75 Å². The Bertz CT molecular complexity index is 1590. The van der Waals surface area contributed by atoms with Crippen LogP contribution in [0.5, 0.6) is 5.75 Å². The summed E-state index contributed by atoms with van der Waals surface area (Å²) in [6, 6.07) is 12.5. The second-order valence-corrected chi connectivity index (χ2v) is 14.2. The molecule has 2 fully saturated rings. The van der Waals surface area contributed by atoms with E-state index in [4.69, 9.17) is 16.3 Å². The number of anilines is 6. The lowest BCUT2D eigenvalue weighted by Crippen LogP contribution is -2.52. The van der Waals surface area contributed by atoms with Crippen molar-refractivity contribution in [1.29, 1.82) is 0 Å². The number of ether oxygens (including phenoxy) is 1. The van der Waals surface area contributed by atoms with Gasteiger partial charge in [-0.15, -0.1) is 0 Å². The number of hydrogen-bond acceptors (Lipinski definition) is 10. The second-order valence-electron chi connectivity index (χ2n) is 11.6. The van der Waals surface area contributed by atoms with Crippen molar-refractivity contribution < 1.29 is 13.2 Å². The monoisotopic (exact) mass is 640 g/mol. The molecule has 2 aromatic carbocycles. The smallest absolute Gasteiger partial charge is 0.234 e. The van der Waals surface area contributed by atoms with Crippen LogP contribution in [0.2, 0.25) is 5.02 Å². The summed E-state index contributed by atoms with van der Waals surface area (Å²) in [6.45, 7) is 8.72. The highest BCUT2D eigenvalue weighted by atomic mass is 35.5. The van der Waals surface area contributed by atoms with Gasteiger partial charge in [-0.05, 0) is 57.0 Å². The van der Waals surface area contributed by atoms with Crippen molar-refractivity contribution in [2.24, 2.45) is 0 Å². The minimum atomic E-state index is -3.42. The number of methoxy groups -OCH3 is 1. The SMILES string of the molecule is CCS(=O)(=O)N1CCc2cccc(Nc3nc(Nc4ccc(N5CCC(N6CCN(C)CC6)CC5)cc4OC)ncc3Cl)c21. The maximum absolute atomic E-state index is 12.8. The quantitative estimate of drug-likeness (QED) is 0.346. The zero-order valence-corrected chi connectivity index (χ0v) is 27.2. The van der Waals surface area contributed by atoms with E-state index in [1.54, 1.807) is 14.0 Å². The molecule has 2 saturated heterocycles. The molecule has 44 heavy (non-hydrogen) atoms. The summed E-state index contributed by atoms with van der Waals surface area (Å²) in [5.74, 6) is 1.43. The standard InChI is InChI=1S/C31H41ClN8O3S/c1-4-44(41,42)40-15-10-22-6-5-7-27(29(22)40)34-30-25(32)21-33-31(36-30)35-26-9-8-24(20-28(26)43-3)38-13-11-23(12-14-38)39-18-16-37(2)17-19-39/h5-9,20-21,23H,4,10-19H2,1-3H3,(H2,33,34,35,36). The van der Waals surface area contributed by atoms with Gasteiger partial charge in [0.25, 0.3) is 0 Å². The number of nitrogens with zero attached hydrogens (tertiary/aromatic N) is 6. The van der Waals surface area contributed by atoms with Gasteiger partial charge < -0.3 is 25.2 Å². The van der Waals surface area contributed by atoms with E-state index in [1.165, 1.54) is 10.5 Å². The van der Waals surface area contributed by atoms with Crippen molar-refractivity contribution in [3.63, 3.8) is 0 Å². The van der Waals surface area contributed by atoms with Crippen molar-refractivity contribution in [3.8, 4) is 5.75 Å². The molecule has 0 spiro atoms. The van der Waals surface area contributed by atoms with Gasteiger partial charge in [0, 0.05) is 63.6 Å². The van der Waals surface area contributed by atoms with Crippen molar-refractivity contribution in [2.75, 3.05) is 85.6 Å². The first-order valence-electron chi connectivity index (χ1n) is 15.3. The van der Waals surface area contributed by atoms with Gasteiger partial charge in [0.1, 0.15) is 10.8 Å². The molecule has 11 nitrogen and oxygen atoms in total. The summed E-state index contributed by atoms with van der Waals surface area (Å²) in [5.41, 5.74) is 4.10. The van der Waals surface area contributed by atoms with E-state index in [1.807, 2.05) is 24.3 Å². The molecule has 6 rings (SSSR count). The average molecular weight is 641 g/mol. The van der Waals surface area contributed by atoms with Crippen LogP contribution in [0.15, 0.2) is 42.6 Å². The maximum Gasteiger partial charge on any atom is 0.234 e. The fourth-order valence-electron chi connectivity index (χ4n) is 6.38. The molecule has 4 heterocycles. The number of rotatable bonds is 9. The molecule has 0 unspecified atom stereocenters. The van der Waals surface area contributed by atoms with Crippen LogP contribution in [0, 0.1) is 0 Å². The van der Waals surface area contributed by atoms with Gasteiger partial charge in [0.2, 0.25) is 16.0 Å². The summed E-state index contributed by atoms with van der Waals surface area (Å²) in [4.78, 5) is 16.5. The maximum atomic E-state index is 12.8. The molecule has 13 heteroatoms. The van der Waals surface area contributed by atoms with E-state index in [2.05, 4.69) is 54.5 Å². The van der Waals surface area contributed by atoms with E-state index in [0.29, 0.717) is 52.9 Å². The van der Waals surface area contributed by atoms with Crippen LogP contribution in [0.3, 0.4) is 0 Å². The van der Waals surface area contributed by atoms with Crippen LogP contribution in [0.25, 0.3) is 0 Å². The minimum absolute atomic E-state index is 0.0264. The predicted molar refractivity (Wildman–Crippen MR) is 178 cm³/mol. The first kappa shape index (κ1) is 30.7. The lowest BCUT2D eigenvalue weighted by Gasteiger charge is -2.42. The minimum Gasteiger partial charge on any atom is -0.494 e. The third-order valence-corrected chi connectivity index (χ3v) is 11.0. The Kier molecular flexibility index (Phi) is 9.04. The number of sulfonamides is 1. The van der Waals surface area contributed by atoms with Gasteiger partial charge in [-0.2, -0.15) is 4.98 Å². The molecule has 0 saturated carbocycles. The third-order valence-electron chi connectivity index (χ3n) is 8.97. The highest BCUT2D eigenvalue weighted by Gasteiger charge is 2.31. The molecule has 0 amide bonds. The van der Waals surface area contributed by atoms with Crippen LogP contribution in [-0.2, 0) is 16.4 Å². The first-order chi connectivity index (χ1) is 21.3. The first-order valence-corrected chi connectivity index (χ1v) is 17.3. The molecule has 1 aromatic heterocycles. The third kappa shape index (κ3) is 6.39. The number of nitrogens with one attached hydrogen (secondary N) is 2. The molecule has 236 valence electrons. The topological polar surface area (TPSA) is 106 Å².